The van der Waals surface area contributed by atoms with E-state index in [0.29, 0.717) is 11.0 Å². The van der Waals surface area contributed by atoms with Crippen molar-refractivity contribution in [3.05, 3.63) is 17.7 Å². The molecule has 13 heavy (non-hydrogen) atoms. The SMILES string of the molecule is O=C(O)n1ncc2nc(Cl)ncc21. The summed E-state index contributed by atoms with van der Waals surface area (Å²) in [7, 11) is 0. The van der Waals surface area contributed by atoms with Gasteiger partial charge in [0.25, 0.3) is 0 Å². The van der Waals surface area contributed by atoms with Gasteiger partial charge >= 0.3 is 6.09 Å². The van der Waals surface area contributed by atoms with E-state index < -0.39 is 6.09 Å². The first-order valence-electron chi connectivity index (χ1n) is 3.28. The highest BCUT2D eigenvalue weighted by atomic mass is 35.5. The second kappa shape index (κ2) is 2.67. The van der Waals surface area contributed by atoms with Gasteiger partial charge in [-0.1, -0.05) is 0 Å². The molecule has 6 nitrogen and oxygen atoms in total. The van der Waals surface area contributed by atoms with Gasteiger partial charge in [-0.3, -0.25) is 0 Å². The summed E-state index contributed by atoms with van der Waals surface area (Å²) in [4.78, 5) is 18.0. The third kappa shape index (κ3) is 1.20. The molecule has 2 aromatic heterocycles. The van der Waals surface area contributed by atoms with Crippen molar-refractivity contribution in [2.24, 2.45) is 0 Å². The van der Waals surface area contributed by atoms with Crippen LogP contribution in [-0.4, -0.2) is 30.9 Å². The number of carbonyl (C=O) groups is 1. The van der Waals surface area contributed by atoms with E-state index in [0.717, 1.165) is 4.68 Å². The molecule has 1 N–H and O–H groups in total. The number of halogens is 1. The maximum absolute atomic E-state index is 10.6. The van der Waals surface area contributed by atoms with Gasteiger partial charge in [-0.25, -0.2) is 14.8 Å². The normalized spacial score (nSPS) is 10.5. The summed E-state index contributed by atoms with van der Waals surface area (Å²) >= 11 is 5.50. The molecule has 0 spiro atoms. The Kier molecular flexibility index (Phi) is 1.63. The first-order chi connectivity index (χ1) is 6.18. The molecule has 0 aliphatic heterocycles. The zero-order valence-electron chi connectivity index (χ0n) is 6.18. The Morgan fingerprint density at radius 2 is 2.31 bits per heavy atom. The molecule has 0 bridgehead atoms. The minimum Gasteiger partial charge on any atom is -0.463 e. The second-order valence-electron chi connectivity index (χ2n) is 2.25. The van der Waals surface area contributed by atoms with Gasteiger partial charge in [0, 0.05) is 0 Å². The highest BCUT2D eigenvalue weighted by molar-refractivity contribution is 6.28. The van der Waals surface area contributed by atoms with E-state index in [1.165, 1.54) is 12.4 Å². The van der Waals surface area contributed by atoms with Gasteiger partial charge in [-0.05, 0) is 11.6 Å². The van der Waals surface area contributed by atoms with E-state index in [9.17, 15) is 4.79 Å². The molecule has 2 heterocycles. The van der Waals surface area contributed by atoms with Crippen molar-refractivity contribution >= 4 is 28.7 Å². The van der Waals surface area contributed by atoms with Crippen LogP contribution in [0.1, 0.15) is 0 Å². The average molecular weight is 199 g/mol. The highest BCUT2D eigenvalue weighted by Gasteiger charge is 2.09. The predicted octanol–water partition coefficient (Wildman–Crippen LogP) is 1.01. The van der Waals surface area contributed by atoms with Gasteiger partial charge in [-0.15, -0.1) is 0 Å². The molecular formula is C6H3ClN4O2. The molecule has 0 saturated heterocycles. The van der Waals surface area contributed by atoms with E-state index in [4.69, 9.17) is 16.7 Å². The lowest BCUT2D eigenvalue weighted by Gasteiger charge is -1.93. The molecule has 7 heteroatoms. The van der Waals surface area contributed by atoms with Crippen molar-refractivity contribution in [1.29, 1.82) is 0 Å². The number of nitrogens with zero attached hydrogens (tertiary/aromatic N) is 4. The molecule has 0 aromatic carbocycles. The van der Waals surface area contributed by atoms with E-state index in [-0.39, 0.29) is 5.28 Å². The average Bonchev–Trinajstić information content (AvgIpc) is 2.46. The topological polar surface area (TPSA) is 80.9 Å². The third-order valence-corrected chi connectivity index (χ3v) is 1.66. The summed E-state index contributed by atoms with van der Waals surface area (Å²) in [5.74, 6) is 0. The number of fused-ring (bicyclic) bond motifs is 1. The summed E-state index contributed by atoms with van der Waals surface area (Å²) in [5.41, 5.74) is 0.722. The molecule has 0 aliphatic carbocycles. The largest absolute Gasteiger partial charge is 0.463 e. The first kappa shape index (κ1) is 7.93. The van der Waals surface area contributed by atoms with Crippen molar-refractivity contribution in [1.82, 2.24) is 19.7 Å². The van der Waals surface area contributed by atoms with Crippen molar-refractivity contribution in [3.63, 3.8) is 0 Å². The van der Waals surface area contributed by atoms with E-state index in [2.05, 4.69) is 15.1 Å². The summed E-state index contributed by atoms with van der Waals surface area (Å²) in [6.07, 6.45) is 1.45. The number of carboxylic acid groups (broad SMARTS) is 1. The number of aromatic nitrogens is 4. The molecule has 66 valence electrons. The van der Waals surface area contributed by atoms with E-state index in [1.54, 1.807) is 0 Å². The van der Waals surface area contributed by atoms with Crippen LogP contribution in [0.3, 0.4) is 0 Å². The summed E-state index contributed by atoms with van der Waals surface area (Å²) in [6.45, 7) is 0. The Morgan fingerprint density at radius 3 is 3.00 bits per heavy atom. The lowest BCUT2D eigenvalue weighted by Crippen LogP contribution is -2.09. The Balaban J connectivity index is 2.76. The zero-order chi connectivity index (χ0) is 9.42. The zero-order valence-corrected chi connectivity index (χ0v) is 6.93. The van der Waals surface area contributed by atoms with Crippen LogP contribution in [0.25, 0.3) is 11.0 Å². The highest BCUT2D eigenvalue weighted by Crippen LogP contribution is 2.11. The van der Waals surface area contributed by atoms with Gasteiger partial charge in [0.1, 0.15) is 11.0 Å². The summed E-state index contributed by atoms with van der Waals surface area (Å²) in [6, 6.07) is 0. The summed E-state index contributed by atoms with van der Waals surface area (Å²) in [5, 5.41) is 12.3. The molecule has 0 unspecified atom stereocenters. The van der Waals surface area contributed by atoms with Crippen molar-refractivity contribution < 1.29 is 9.90 Å². The molecule has 0 radical (unpaired) electrons. The quantitative estimate of drug-likeness (QED) is 0.639. The Morgan fingerprint density at radius 1 is 1.54 bits per heavy atom. The monoisotopic (exact) mass is 198 g/mol. The fourth-order valence-electron chi connectivity index (χ4n) is 0.951. The van der Waals surface area contributed by atoms with Crippen LogP contribution in [0.2, 0.25) is 5.28 Å². The van der Waals surface area contributed by atoms with E-state index in [1.807, 2.05) is 0 Å². The van der Waals surface area contributed by atoms with Gasteiger partial charge in [0.15, 0.2) is 0 Å². The molecule has 0 amide bonds. The van der Waals surface area contributed by atoms with E-state index >= 15 is 0 Å². The Hall–Kier alpha value is -1.69. The summed E-state index contributed by atoms with van der Waals surface area (Å²) < 4.78 is 0.783. The third-order valence-electron chi connectivity index (χ3n) is 1.47. The molecule has 2 aromatic rings. The maximum atomic E-state index is 10.6. The maximum Gasteiger partial charge on any atom is 0.432 e. The molecule has 0 fully saturated rings. The lowest BCUT2D eigenvalue weighted by molar-refractivity contribution is 0.194. The van der Waals surface area contributed by atoms with Gasteiger partial charge in [0.2, 0.25) is 5.28 Å². The number of rotatable bonds is 0. The fraction of sp³-hybridized carbons (Fsp3) is 0. The lowest BCUT2D eigenvalue weighted by atomic mass is 10.5. The smallest absolute Gasteiger partial charge is 0.432 e. The van der Waals surface area contributed by atoms with Crippen LogP contribution in [0.4, 0.5) is 4.79 Å². The minimum absolute atomic E-state index is 0.0671. The molecule has 2 rings (SSSR count). The van der Waals surface area contributed by atoms with Crippen LogP contribution >= 0.6 is 11.6 Å². The number of hydrogen-bond acceptors (Lipinski definition) is 4. The van der Waals surface area contributed by atoms with Gasteiger partial charge in [0.05, 0.1) is 12.4 Å². The first-order valence-corrected chi connectivity index (χ1v) is 3.66. The van der Waals surface area contributed by atoms with Crippen LogP contribution in [0.15, 0.2) is 12.4 Å². The Labute approximate surface area is 76.8 Å². The van der Waals surface area contributed by atoms with Crippen LogP contribution in [-0.2, 0) is 0 Å². The molecular weight excluding hydrogens is 196 g/mol. The van der Waals surface area contributed by atoms with Crippen molar-refractivity contribution in [2.75, 3.05) is 0 Å². The van der Waals surface area contributed by atoms with Crippen molar-refractivity contribution in [2.45, 2.75) is 0 Å². The number of hydrogen-bond donors (Lipinski definition) is 1. The van der Waals surface area contributed by atoms with Gasteiger partial charge in [-0.2, -0.15) is 9.78 Å². The van der Waals surface area contributed by atoms with Crippen LogP contribution in [0.5, 0.6) is 0 Å². The minimum atomic E-state index is -1.18. The predicted molar refractivity (Wildman–Crippen MR) is 43.8 cm³/mol. The van der Waals surface area contributed by atoms with Crippen LogP contribution in [0, 0.1) is 0 Å². The second-order valence-corrected chi connectivity index (χ2v) is 2.59. The fourth-order valence-corrected chi connectivity index (χ4v) is 1.09. The van der Waals surface area contributed by atoms with Crippen molar-refractivity contribution in [3.8, 4) is 0 Å². The van der Waals surface area contributed by atoms with Gasteiger partial charge < -0.3 is 5.11 Å². The molecule has 0 aliphatic rings. The molecule has 0 atom stereocenters. The van der Waals surface area contributed by atoms with Crippen LogP contribution < -0.4 is 0 Å². The Bertz CT molecular complexity index is 480. The molecule has 0 saturated carbocycles. The standard InChI is InChI=1S/C6H3ClN4O2/c7-5-8-2-4-3(10-5)1-9-11(4)6(12)13/h1-2H,(H,12,13).